The fraction of sp³-hybridized carbons (Fsp3) is 0.538. The van der Waals surface area contributed by atoms with Crippen molar-refractivity contribution < 1.29 is 4.74 Å². The standard InChI is InChI=1S/C13H21NOS/c1-3-9-15-13-8-6-5-7-11(13)12(14)10-16-4-2/h5-8,12H,3-4,9-10,14H2,1-2H3. The highest BCUT2D eigenvalue weighted by atomic mass is 32.2. The molecule has 0 bridgehead atoms. The van der Waals surface area contributed by atoms with E-state index >= 15 is 0 Å². The molecule has 1 aromatic carbocycles. The fourth-order valence-electron chi connectivity index (χ4n) is 1.46. The van der Waals surface area contributed by atoms with Crippen molar-refractivity contribution in [1.29, 1.82) is 0 Å². The molecule has 1 unspecified atom stereocenters. The summed E-state index contributed by atoms with van der Waals surface area (Å²) in [4.78, 5) is 0. The average molecular weight is 239 g/mol. The number of rotatable bonds is 7. The molecule has 1 aromatic rings. The maximum absolute atomic E-state index is 6.15. The summed E-state index contributed by atoms with van der Waals surface area (Å²) in [5.41, 5.74) is 7.27. The zero-order valence-corrected chi connectivity index (χ0v) is 10.9. The average Bonchev–Trinajstić information content (AvgIpc) is 2.33. The van der Waals surface area contributed by atoms with Crippen molar-refractivity contribution in [2.24, 2.45) is 5.73 Å². The monoisotopic (exact) mass is 239 g/mol. The Bertz CT molecular complexity index is 304. The van der Waals surface area contributed by atoms with Gasteiger partial charge in [-0.15, -0.1) is 0 Å². The Kier molecular flexibility index (Phi) is 6.34. The SMILES string of the molecule is CCCOc1ccccc1C(N)CSCC. The molecule has 1 atom stereocenters. The van der Waals surface area contributed by atoms with Crippen molar-refractivity contribution in [3.63, 3.8) is 0 Å². The highest BCUT2D eigenvalue weighted by Gasteiger charge is 2.11. The molecule has 0 spiro atoms. The molecule has 3 heteroatoms. The van der Waals surface area contributed by atoms with Crippen LogP contribution in [-0.2, 0) is 0 Å². The molecule has 0 fully saturated rings. The minimum absolute atomic E-state index is 0.0676. The Balaban J connectivity index is 2.68. The maximum Gasteiger partial charge on any atom is 0.124 e. The molecule has 0 radical (unpaired) electrons. The van der Waals surface area contributed by atoms with Gasteiger partial charge in [-0.05, 0) is 18.2 Å². The van der Waals surface area contributed by atoms with Crippen molar-refractivity contribution >= 4 is 11.8 Å². The number of ether oxygens (including phenoxy) is 1. The quantitative estimate of drug-likeness (QED) is 0.793. The minimum atomic E-state index is 0.0676. The van der Waals surface area contributed by atoms with Gasteiger partial charge in [0, 0.05) is 17.4 Å². The molecule has 0 saturated heterocycles. The summed E-state index contributed by atoms with van der Waals surface area (Å²) in [7, 11) is 0. The first-order chi connectivity index (χ1) is 7.79. The largest absolute Gasteiger partial charge is 0.493 e. The number of hydrogen-bond acceptors (Lipinski definition) is 3. The summed E-state index contributed by atoms with van der Waals surface area (Å²) in [6.07, 6.45) is 1.02. The van der Waals surface area contributed by atoms with Crippen LogP contribution in [-0.4, -0.2) is 18.1 Å². The van der Waals surface area contributed by atoms with E-state index in [0.29, 0.717) is 0 Å². The Morgan fingerprint density at radius 3 is 2.75 bits per heavy atom. The highest BCUT2D eigenvalue weighted by Crippen LogP contribution is 2.25. The van der Waals surface area contributed by atoms with Crippen LogP contribution in [0.1, 0.15) is 31.9 Å². The normalized spacial score (nSPS) is 12.4. The molecule has 0 heterocycles. The maximum atomic E-state index is 6.15. The Morgan fingerprint density at radius 1 is 1.31 bits per heavy atom. The third kappa shape index (κ3) is 4.06. The first-order valence-corrected chi connectivity index (χ1v) is 7.00. The van der Waals surface area contributed by atoms with Crippen LogP contribution in [0.5, 0.6) is 5.75 Å². The van der Waals surface area contributed by atoms with Crippen molar-refractivity contribution in [1.82, 2.24) is 0 Å². The molecule has 90 valence electrons. The lowest BCUT2D eigenvalue weighted by atomic mass is 10.1. The van der Waals surface area contributed by atoms with Gasteiger partial charge in [-0.1, -0.05) is 32.0 Å². The summed E-state index contributed by atoms with van der Waals surface area (Å²) in [6, 6.07) is 8.14. The summed E-state index contributed by atoms with van der Waals surface area (Å²) in [5.74, 6) is 2.99. The van der Waals surface area contributed by atoms with Crippen molar-refractivity contribution in [2.45, 2.75) is 26.3 Å². The summed E-state index contributed by atoms with van der Waals surface area (Å²) >= 11 is 1.86. The predicted molar refractivity (Wildman–Crippen MR) is 72.2 cm³/mol. The van der Waals surface area contributed by atoms with Crippen LogP contribution >= 0.6 is 11.8 Å². The number of hydrogen-bond donors (Lipinski definition) is 1. The van der Waals surface area contributed by atoms with E-state index < -0.39 is 0 Å². The van der Waals surface area contributed by atoms with Gasteiger partial charge in [-0.2, -0.15) is 11.8 Å². The third-order valence-corrected chi connectivity index (χ3v) is 3.28. The highest BCUT2D eigenvalue weighted by molar-refractivity contribution is 7.99. The van der Waals surface area contributed by atoms with Gasteiger partial charge in [0.1, 0.15) is 5.75 Å². The van der Waals surface area contributed by atoms with Gasteiger partial charge in [-0.25, -0.2) is 0 Å². The molecule has 0 aliphatic carbocycles. The molecule has 16 heavy (non-hydrogen) atoms. The zero-order valence-electron chi connectivity index (χ0n) is 10.1. The second-order valence-corrected chi connectivity index (χ2v) is 4.97. The van der Waals surface area contributed by atoms with Gasteiger partial charge >= 0.3 is 0 Å². The van der Waals surface area contributed by atoms with E-state index in [2.05, 4.69) is 19.9 Å². The first-order valence-electron chi connectivity index (χ1n) is 5.84. The van der Waals surface area contributed by atoms with Crippen LogP contribution in [0.4, 0.5) is 0 Å². The van der Waals surface area contributed by atoms with Crippen LogP contribution in [0.25, 0.3) is 0 Å². The zero-order chi connectivity index (χ0) is 11.8. The molecular formula is C13H21NOS. The van der Waals surface area contributed by atoms with Gasteiger partial charge in [0.15, 0.2) is 0 Å². The lowest BCUT2D eigenvalue weighted by Crippen LogP contribution is -2.14. The van der Waals surface area contributed by atoms with E-state index in [4.69, 9.17) is 10.5 Å². The van der Waals surface area contributed by atoms with Gasteiger partial charge < -0.3 is 10.5 Å². The molecule has 0 aliphatic rings. The van der Waals surface area contributed by atoms with E-state index in [9.17, 15) is 0 Å². The van der Waals surface area contributed by atoms with E-state index in [1.807, 2.05) is 30.0 Å². The third-order valence-electron chi connectivity index (χ3n) is 2.28. The number of nitrogens with two attached hydrogens (primary N) is 1. The Hall–Kier alpha value is -0.670. The number of thioether (sulfide) groups is 1. The first kappa shape index (κ1) is 13.4. The topological polar surface area (TPSA) is 35.2 Å². The molecule has 0 aromatic heterocycles. The van der Waals surface area contributed by atoms with E-state index in [1.165, 1.54) is 0 Å². The molecule has 1 rings (SSSR count). The molecule has 2 nitrogen and oxygen atoms in total. The lowest BCUT2D eigenvalue weighted by Gasteiger charge is -2.16. The number of para-hydroxylation sites is 1. The van der Waals surface area contributed by atoms with Crippen LogP contribution in [0, 0.1) is 0 Å². The van der Waals surface area contributed by atoms with Gasteiger partial charge in [0.2, 0.25) is 0 Å². The molecule has 0 amide bonds. The summed E-state index contributed by atoms with van der Waals surface area (Å²) in [5, 5.41) is 0. The van der Waals surface area contributed by atoms with Crippen LogP contribution < -0.4 is 10.5 Å². The molecule has 0 saturated carbocycles. The molecular weight excluding hydrogens is 218 g/mol. The van der Waals surface area contributed by atoms with Gasteiger partial charge in [0.25, 0.3) is 0 Å². The second-order valence-electron chi connectivity index (χ2n) is 3.65. The molecule has 0 aliphatic heterocycles. The van der Waals surface area contributed by atoms with E-state index in [-0.39, 0.29) is 6.04 Å². The Labute approximate surface area is 103 Å². The Morgan fingerprint density at radius 2 is 2.06 bits per heavy atom. The summed E-state index contributed by atoms with van der Waals surface area (Å²) < 4.78 is 5.70. The number of benzene rings is 1. The molecule has 2 N–H and O–H groups in total. The summed E-state index contributed by atoms with van der Waals surface area (Å²) in [6.45, 7) is 5.01. The van der Waals surface area contributed by atoms with E-state index in [0.717, 1.165) is 35.8 Å². The van der Waals surface area contributed by atoms with Crippen LogP contribution in [0.2, 0.25) is 0 Å². The fourth-order valence-corrected chi connectivity index (χ4v) is 2.13. The van der Waals surface area contributed by atoms with E-state index in [1.54, 1.807) is 0 Å². The van der Waals surface area contributed by atoms with Crippen LogP contribution in [0.15, 0.2) is 24.3 Å². The van der Waals surface area contributed by atoms with Gasteiger partial charge in [-0.3, -0.25) is 0 Å². The van der Waals surface area contributed by atoms with Crippen molar-refractivity contribution in [2.75, 3.05) is 18.1 Å². The van der Waals surface area contributed by atoms with Gasteiger partial charge in [0.05, 0.1) is 6.61 Å². The lowest BCUT2D eigenvalue weighted by molar-refractivity contribution is 0.313. The second kappa shape index (κ2) is 7.58. The predicted octanol–water partition coefficient (Wildman–Crippen LogP) is 3.23. The van der Waals surface area contributed by atoms with Crippen LogP contribution in [0.3, 0.4) is 0 Å². The van der Waals surface area contributed by atoms with Crippen molar-refractivity contribution in [3.8, 4) is 5.75 Å². The minimum Gasteiger partial charge on any atom is -0.493 e. The smallest absolute Gasteiger partial charge is 0.124 e. The van der Waals surface area contributed by atoms with Crippen molar-refractivity contribution in [3.05, 3.63) is 29.8 Å².